The van der Waals surface area contributed by atoms with Crippen LogP contribution in [0.3, 0.4) is 0 Å². The molecule has 0 spiro atoms. The van der Waals surface area contributed by atoms with Crippen molar-refractivity contribution in [3.05, 3.63) is 187 Å². The van der Waals surface area contributed by atoms with Crippen LogP contribution < -0.4 is 26.5 Å². The molecular formula is C40H35P2+. The van der Waals surface area contributed by atoms with Crippen molar-refractivity contribution in [2.45, 2.75) is 6.92 Å². The highest BCUT2D eigenvalue weighted by atomic mass is 31.2. The monoisotopic (exact) mass is 577 g/mol. The maximum Gasteiger partial charge on any atom is 0.137 e. The lowest BCUT2D eigenvalue weighted by atomic mass is 10.1. The van der Waals surface area contributed by atoms with E-state index < -0.39 is 15.2 Å². The predicted molar refractivity (Wildman–Crippen MR) is 188 cm³/mol. The Kier molecular flexibility index (Phi) is 8.86. The van der Waals surface area contributed by atoms with E-state index in [4.69, 9.17) is 0 Å². The Morgan fingerprint density at radius 2 is 0.905 bits per heavy atom. The van der Waals surface area contributed by atoms with Gasteiger partial charge in [0.15, 0.2) is 0 Å². The Morgan fingerprint density at radius 3 is 1.40 bits per heavy atom. The maximum absolute atomic E-state index is 2.67. The van der Waals surface area contributed by atoms with Crippen LogP contribution in [0.2, 0.25) is 0 Å². The lowest BCUT2D eigenvalue weighted by Gasteiger charge is -2.28. The van der Waals surface area contributed by atoms with E-state index in [2.05, 4.69) is 189 Å². The van der Waals surface area contributed by atoms with E-state index in [1.165, 1.54) is 43.2 Å². The van der Waals surface area contributed by atoms with Gasteiger partial charge in [-0.15, -0.1) is 0 Å². The Labute approximate surface area is 252 Å². The summed E-state index contributed by atoms with van der Waals surface area (Å²) in [7, 11) is -2.76. The van der Waals surface area contributed by atoms with Gasteiger partial charge in [-0.05, 0) is 73.1 Å². The quantitative estimate of drug-likeness (QED) is 0.151. The Bertz CT molecular complexity index is 1650. The van der Waals surface area contributed by atoms with Crippen molar-refractivity contribution < 1.29 is 0 Å². The number of benzene rings is 6. The van der Waals surface area contributed by atoms with Gasteiger partial charge in [0.25, 0.3) is 0 Å². The average molecular weight is 578 g/mol. The Balaban J connectivity index is 1.59. The fourth-order valence-corrected chi connectivity index (χ4v) is 12.5. The summed E-state index contributed by atoms with van der Waals surface area (Å²) in [6.07, 6.45) is 1.01. The minimum Gasteiger partial charge on any atom is -0.0622 e. The molecule has 0 aromatic heterocycles. The highest BCUT2D eigenvalue weighted by Crippen LogP contribution is 2.59. The molecule has 6 aromatic carbocycles. The van der Waals surface area contributed by atoms with Gasteiger partial charge in [-0.3, -0.25) is 0 Å². The third-order valence-corrected chi connectivity index (χ3v) is 14.5. The molecular weight excluding hydrogens is 542 g/mol. The molecule has 0 aliphatic rings. The first kappa shape index (κ1) is 28.1. The van der Waals surface area contributed by atoms with Gasteiger partial charge in [0.05, 0.1) is 5.82 Å². The molecule has 0 bridgehead atoms. The molecule has 0 saturated heterocycles. The molecule has 6 rings (SSSR count). The molecule has 0 heterocycles. The molecule has 0 atom stereocenters. The molecule has 0 N–H and O–H groups in total. The summed E-state index contributed by atoms with van der Waals surface area (Å²) < 4.78 is 0. The smallest absolute Gasteiger partial charge is 0.0622 e. The third kappa shape index (κ3) is 5.93. The predicted octanol–water partition coefficient (Wildman–Crippen LogP) is 8.68. The average Bonchev–Trinajstić information content (AvgIpc) is 3.08. The zero-order valence-corrected chi connectivity index (χ0v) is 25.7. The van der Waals surface area contributed by atoms with Gasteiger partial charge in [0.1, 0.15) is 23.2 Å². The summed E-state index contributed by atoms with van der Waals surface area (Å²) in [6.45, 7) is 2.35. The van der Waals surface area contributed by atoms with Gasteiger partial charge >= 0.3 is 0 Å². The second-order valence-corrected chi connectivity index (χ2v) is 15.9. The lowest BCUT2D eigenvalue weighted by Crippen LogP contribution is -2.31. The topological polar surface area (TPSA) is 0 Å². The molecule has 6 aromatic rings. The molecule has 0 aliphatic heterocycles. The van der Waals surface area contributed by atoms with E-state index in [0.717, 1.165) is 6.16 Å². The van der Waals surface area contributed by atoms with Crippen molar-refractivity contribution in [1.29, 1.82) is 0 Å². The summed E-state index contributed by atoms with van der Waals surface area (Å²) in [4.78, 5) is 0. The van der Waals surface area contributed by atoms with Crippen LogP contribution in [0.5, 0.6) is 0 Å². The number of hydrogen-bond donors (Lipinski definition) is 0. The van der Waals surface area contributed by atoms with Gasteiger partial charge in [-0.25, -0.2) is 0 Å². The second kappa shape index (κ2) is 13.3. The van der Waals surface area contributed by atoms with Gasteiger partial charge in [0.2, 0.25) is 0 Å². The van der Waals surface area contributed by atoms with Crippen LogP contribution in [0.15, 0.2) is 187 Å². The molecule has 0 aliphatic carbocycles. The number of rotatable bonds is 9. The Morgan fingerprint density at radius 1 is 0.500 bits per heavy atom. The number of hydrogen-bond acceptors (Lipinski definition) is 0. The zero-order valence-electron chi connectivity index (χ0n) is 23.9. The van der Waals surface area contributed by atoms with Crippen molar-refractivity contribution in [1.82, 2.24) is 0 Å². The highest BCUT2D eigenvalue weighted by Gasteiger charge is 2.45. The maximum atomic E-state index is 2.67. The first-order valence-corrected chi connectivity index (χ1v) is 17.9. The zero-order chi connectivity index (χ0) is 28.6. The van der Waals surface area contributed by atoms with Crippen LogP contribution in [0.1, 0.15) is 6.92 Å². The lowest BCUT2D eigenvalue weighted by molar-refractivity contribution is 1.42. The summed E-state index contributed by atoms with van der Waals surface area (Å²) in [6, 6.07) is 64.5. The Hall–Kier alpha value is -4.08. The minimum absolute atomic E-state index is 0.552. The molecule has 0 amide bonds. The van der Waals surface area contributed by atoms with Crippen molar-refractivity contribution in [2.24, 2.45) is 0 Å². The normalized spacial score (nSPS) is 11.9. The van der Waals surface area contributed by atoms with Crippen LogP contribution in [-0.2, 0) is 0 Å². The van der Waals surface area contributed by atoms with Gasteiger partial charge < -0.3 is 0 Å². The first-order chi connectivity index (χ1) is 20.8. The van der Waals surface area contributed by atoms with E-state index in [1.54, 1.807) is 0 Å². The van der Waals surface area contributed by atoms with E-state index in [0.29, 0.717) is 0 Å². The van der Waals surface area contributed by atoms with Gasteiger partial charge in [-0.1, -0.05) is 146 Å². The van der Waals surface area contributed by atoms with Crippen molar-refractivity contribution in [3.8, 4) is 11.1 Å². The summed E-state index contributed by atoms with van der Waals surface area (Å²) in [5, 5.41) is 6.99. The fraction of sp³-hybridized carbons (Fsp3) is 0.0500. The van der Waals surface area contributed by atoms with Crippen LogP contribution in [0.25, 0.3) is 11.1 Å². The molecule has 0 unspecified atom stereocenters. The van der Waals surface area contributed by atoms with Crippen LogP contribution in [-0.4, -0.2) is 6.16 Å². The molecule has 42 heavy (non-hydrogen) atoms. The van der Waals surface area contributed by atoms with Gasteiger partial charge in [0, 0.05) is 5.56 Å². The molecule has 0 saturated carbocycles. The summed E-state index contributed by atoms with van der Waals surface area (Å²) in [5.41, 5.74) is 3.99. The fourth-order valence-electron chi connectivity index (χ4n) is 5.78. The summed E-state index contributed by atoms with van der Waals surface area (Å²) in [5.74, 6) is 2.67. The van der Waals surface area contributed by atoms with Crippen molar-refractivity contribution in [3.63, 3.8) is 0 Å². The highest BCUT2D eigenvalue weighted by molar-refractivity contribution is 7.98. The third-order valence-electron chi connectivity index (χ3n) is 7.65. The van der Waals surface area contributed by atoms with E-state index >= 15 is 0 Å². The van der Waals surface area contributed by atoms with E-state index in [-0.39, 0.29) is 0 Å². The van der Waals surface area contributed by atoms with Crippen LogP contribution in [0.4, 0.5) is 0 Å². The number of allylic oxidation sites excluding steroid dienone is 1. The molecule has 204 valence electrons. The van der Waals surface area contributed by atoms with Gasteiger partial charge in [-0.2, -0.15) is 0 Å². The summed E-state index contributed by atoms with van der Waals surface area (Å²) >= 11 is 0. The molecule has 2 heteroatoms. The molecule has 0 nitrogen and oxygen atoms in total. The largest absolute Gasteiger partial charge is 0.137 e. The molecule has 0 fully saturated rings. The minimum atomic E-state index is -2.20. The van der Waals surface area contributed by atoms with E-state index in [1.807, 2.05) is 0 Å². The van der Waals surface area contributed by atoms with E-state index in [9.17, 15) is 0 Å². The van der Waals surface area contributed by atoms with Crippen molar-refractivity contribution in [2.75, 3.05) is 6.16 Å². The molecule has 0 radical (unpaired) electrons. The standard InChI is InChI=1S/C40H35P2/c1-33(31-41(35-21-9-3-10-22-35)36-23-11-4-12-24-36)32-42(37-25-13-5-14-26-37,38-27-15-6-16-28-38)40-30-18-17-29-39(40)34-19-7-2-8-20-34/h2-30,32H,31H2,1H3/q+1/b33-32+. The second-order valence-electron chi connectivity index (χ2n) is 10.5. The van der Waals surface area contributed by atoms with Crippen LogP contribution in [0, 0.1) is 0 Å². The van der Waals surface area contributed by atoms with Crippen molar-refractivity contribution >= 4 is 41.7 Å². The SMILES string of the molecule is C/C(=C\[P+](c1ccccc1)(c1ccccc1)c1ccccc1-c1ccccc1)CP(c1ccccc1)c1ccccc1. The first-order valence-electron chi connectivity index (χ1n) is 14.5. The van der Waals surface area contributed by atoms with Crippen LogP contribution >= 0.6 is 15.2 Å².